The van der Waals surface area contributed by atoms with E-state index in [1.54, 1.807) is 0 Å². The molecule has 0 spiro atoms. The molecule has 1 saturated carbocycles. The molecule has 0 aliphatic heterocycles. The highest BCUT2D eigenvalue weighted by Crippen LogP contribution is 2.48. The molecule has 0 radical (unpaired) electrons. The standard InChI is InChI=1S/C23H21F6N3O2S/c1-8-14(13-7-11-10(19(30)23(27,28)29)3-2-4-12(11)35-13)17(24)15(20(25)26)16-18(8)32(9-5-6-9)22(34)31-21(16)33/h7,9-10,19-20H,2-6,30H2,1H3,(H,31,33,34). The molecular formula is C23H21F6N3O2S. The number of benzene rings is 1. The third-order valence-corrected chi connectivity index (χ3v) is 8.18. The molecule has 2 unspecified atom stereocenters. The number of thiophene rings is 1. The molecule has 2 atom stereocenters. The van der Waals surface area contributed by atoms with Crippen molar-refractivity contribution in [1.29, 1.82) is 0 Å². The van der Waals surface area contributed by atoms with Gasteiger partial charge in [0.25, 0.3) is 12.0 Å². The lowest BCUT2D eigenvalue weighted by Crippen LogP contribution is -2.43. The van der Waals surface area contributed by atoms with Crippen LogP contribution in [0.4, 0.5) is 26.3 Å². The number of alkyl halides is 5. The lowest BCUT2D eigenvalue weighted by atomic mass is 9.82. The first-order chi connectivity index (χ1) is 16.4. The number of halogens is 6. The van der Waals surface area contributed by atoms with Crippen molar-refractivity contribution in [3.05, 3.63) is 54.3 Å². The van der Waals surface area contributed by atoms with Gasteiger partial charge in [0.05, 0.1) is 16.5 Å². The lowest BCUT2D eigenvalue weighted by molar-refractivity contribution is -0.153. The fourth-order valence-corrected chi connectivity index (χ4v) is 6.56. The molecule has 3 aromatic rings. The molecule has 2 aromatic heterocycles. The normalized spacial score (nSPS) is 19.4. The van der Waals surface area contributed by atoms with Crippen LogP contribution in [0, 0.1) is 12.7 Å². The summed E-state index contributed by atoms with van der Waals surface area (Å²) in [6, 6.07) is -1.02. The Labute approximate surface area is 198 Å². The highest BCUT2D eigenvalue weighted by molar-refractivity contribution is 7.15. The largest absolute Gasteiger partial charge is 0.404 e. The fourth-order valence-electron chi connectivity index (χ4n) is 5.19. The van der Waals surface area contributed by atoms with Crippen LogP contribution in [0.2, 0.25) is 0 Å². The summed E-state index contributed by atoms with van der Waals surface area (Å²) in [5.74, 6) is -2.35. The molecule has 2 heterocycles. The Kier molecular flexibility index (Phi) is 5.67. The van der Waals surface area contributed by atoms with Crippen LogP contribution in [0.15, 0.2) is 15.7 Å². The number of nitrogens with zero attached hydrogens (tertiary/aromatic N) is 1. The van der Waals surface area contributed by atoms with Gasteiger partial charge in [0.1, 0.15) is 11.9 Å². The van der Waals surface area contributed by atoms with E-state index in [0.29, 0.717) is 36.1 Å². The maximum atomic E-state index is 15.7. The van der Waals surface area contributed by atoms with E-state index in [1.807, 2.05) is 4.98 Å². The second kappa shape index (κ2) is 8.22. The zero-order chi connectivity index (χ0) is 25.4. The lowest BCUT2D eigenvalue weighted by Gasteiger charge is -2.29. The Morgan fingerprint density at radius 1 is 1.20 bits per heavy atom. The van der Waals surface area contributed by atoms with Crippen molar-refractivity contribution in [2.75, 3.05) is 0 Å². The fraction of sp³-hybridized carbons (Fsp3) is 0.478. The quantitative estimate of drug-likeness (QED) is 0.452. The monoisotopic (exact) mass is 517 g/mol. The average molecular weight is 517 g/mol. The zero-order valence-corrected chi connectivity index (χ0v) is 19.3. The number of aryl methyl sites for hydroxylation is 2. The molecule has 5 rings (SSSR count). The van der Waals surface area contributed by atoms with E-state index < -0.39 is 52.6 Å². The van der Waals surface area contributed by atoms with E-state index in [9.17, 15) is 31.5 Å². The number of nitrogens with two attached hydrogens (primary N) is 1. The van der Waals surface area contributed by atoms with Gasteiger partial charge in [0, 0.05) is 27.3 Å². The van der Waals surface area contributed by atoms with E-state index >= 15 is 4.39 Å². The molecule has 35 heavy (non-hydrogen) atoms. The summed E-state index contributed by atoms with van der Waals surface area (Å²) >= 11 is 1.03. The van der Waals surface area contributed by atoms with Gasteiger partial charge in [-0.05, 0) is 56.2 Å². The smallest absolute Gasteiger partial charge is 0.320 e. The summed E-state index contributed by atoms with van der Waals surface area (Å²) in [4.78, 5) is 27.9. The van der Waals surface area contributed by atoms with E-state index in [4.69, 9.17) is 5.73 Å². The van der Waals surface area contributed by atoms with Crippen molar-refractivity contribution in [2.45, 2.75) is 69.6 Å². The maximum absolute atomic E-state index is 15.7. The Morgan fingerprint density at radius 3 is 2.49 bits per heavy atom. The van der Waals surface area contributed by atoms with Crippen LogP contribution in [0.1, 0.15) is 65.6 Å². The summed E-state index contributed by atoms with van der Waals surface area (Å²) in [6.07, 6.45) is -5.67. The van der Waals surface area contributed by atoms with Crippen LogP contribution in [-0.4, -0.2) is 21.8 Å². The van der Waals surface area contributed by atoms with Crippen LogP contribution < -0.4 is 17.0 Å². The van der Waals surface area contributed by atoms with Crippen LogP contribution >= 0.6 is 11.3 Å². The number of hydrogen-bond acceptors (Lipinski definition) is 4. The molecule has 12 heteroatoms. The first-order valence-corrected chi connectivity index (χ1v) is 12.0. The summed E-state index contributed by atoms with van der Waals surface area (Å²) in [5, 5.41) is -0.580. The molecule has 0 bridgehead atoms. The average Bonchev–Trinajstić information content (AvgIpc) is 3.50. The van der Waals surface area contributed by atoms with Gasteiger partial charge in [-0.3, -0.25) is 14.3 Å². The Morgan fingerprint density at radius 2 is 1.89 bits per heavy atom. The van der Waals surface area contributed by atoms with Crippen molar-refractivity contribution in [3.8, 4) is 10.4 Å². The summed E-state index contributed by atoms with van der Waals surface area (Å²) in [6.45, 7) is 1.44. The number of nitrogens with one attached hydrogen (secondary N) is 1. The first kappa shape index (κ1) is 24.1. The van der Waals surface area contributed by atoms with Crippen LogP contribution in [0.25, 0.3) is 21.3 Å². The number of aromatic amines is 1. The predicted molar refractivity (Wildman–Crippen MR) is 120 cm³/mol. The Balaban J connectivity index is 1.81. The van der Waals surface area contributed by atoms with Crippen molar-refractivity contribution in [1.82, 2.24) is 9.55 Å². The van der Waals surface area contributed by atoms with Gasteiger partial charge in [0.15, 0.2) is 0 Å². The topological polar surface area (TPSA) is 80.9 Å². The van der Waals surface area contributed by atoms with Gasteiger partial charge in [-0.15, -0.1) is 11.3 Å². The minimum Gasteiger partial charge on any atom is -0.320 e. The molecule has 1 fully saturated rings. The third kappa shape index (κ3) is 3.81. The molecule has 188 valence electrons. The second-order valence-electron chi connectivity index (χ2n) is 9.17. The minimum absolute atomic E-state index is 0.0668. The third-order valence-electron chi connectivity index (χ3n) is 6.95. The zero-order valence-electron chi connectivity index (χ0n) is 18.4. The second-order valence-corrected chi connectivity index (χ2v) is 10.3. The Hall–Kier alpha value is -2.60. The van der Waals surface area contributed by atoms with E-state index in [-0.39, 0.29) is 34.0 Å². The van der Waals surface area contributed by atoms with Crippen molar-refractivity contribution in [3.63, 3.8) is 0 Å². The van der Waals surface area contributed by atoms with Crippen molar-refractivity contribution >= 4 is 22.2 Å². The number of fused-ring (bicyclic) bond motifs is 2. The molecule has 3 N–H and O–H groups in total. The molecule has 2 aliphatic carbocycles. The highest BCUT2D eigenvalue weighted by Gasteiger charge is 2.44. The van der Waals surface area contributed by atoms with Gasteiger partial charge in [-0.1, -0.05) is 0 Å². The Bertz CT molecular complexity index is 1450. The van der Waals surface area contributed by atoms with Gasteiger partial charge in [0.2, 0.25) is 0 Å². The van der Waals surface area contributed by atoms with Gasteiger partial charge in [-0.2, -0.15) is 13.2 Å². The van der Waals surface area contributed by atoms with Crippen LogP contribution in [0.5, 0.6) is 0 Å². The molecule has 0 amide bonds. The summed E-state index contributed by atoms with van der Waals surface area (Å²) < 4.78 is 85.3. The number of hydrogen-bond donors (Lipinski definition) is 2. The van der Waals surface area contributed by atoms with Crippen molar-refractivity contribution in [2.24, 2.45) is 5.73 Å². The van der Waals surface area contributed by atoms with Gasteiger partial charge < -0.3 is 5.73 Å². The highest BCUT2D eigenvalue weighted by atomic mass is 32.1. The molecule has 2 aliphatic rings. The van der Waals surface area contributed by atoms with E-state index in [2.05, 4.69) is 0 Å². The number of aromatic nitrogens is 2. The van der Waals surface area contributed by atoms with Gasteiger partial charge in [-0.25, -0.2) is 18.0 Å². The SMILES string of the molecule is Cc1c(-c2cc3c(s2)CCCC3C(N)C(F)(F)F)c(F)c(C(F)F)c2c(=O)[nH]c(=O)n(C3CC3)c12. The molecular weight excluding hydrogens is 496 g/mol. The summed E-state index contributed by atoms with van der Waals surface area (Å²) in [7, 11) is 0. The van der Waals surface area contributed by atoms with E-state index in [0.717, 1.165) is 11.3 Å². The van der Waals surface area contributed by atoms with Crippen LogP contribution in [-0.2, 0) is 6.42 Å². The number of H-pyrrole nitrogens is 1. The summed E-state index contributed by atoms with van der Waals surface area (Å²) in [5.41, 5.74) is 2.67. The van der Waals surface area contributed by atoms with Crippen molar-refractivity contribution < 1.29 is 26.3 Å². The molecule has 0 saturated heterocycles. The molecule has 5 nitrogen and oxygen atoms in total. The van der Waals surface area contributed by atoms with Gasteiger partial charge >= 0.3 is 11.9 Å². The molecule has 1 aromatic carbocycles. The van der Waals surface area contributed by atoms with E-state index in [1.165, 1.54) is 17.6 Å². The predicted octanol–water partition coefficient (Wildman–Crippen LogP) is 5.45. The number of rotatable bonds is 4. The first-order valence-electron chi connectivity index (χ1n) is 11.2. The maximum Gasteiger partial charge on any atom is 0.404 e. The van der Waals surface area contributed by atoms with Crippen LogP contribution in [0.3, 0.4) is 0 Å². The minimum atomic E-state index is -4.63.